The molecule has 0 bridgehead atoms. The normalized spacial score (nSPS) is 10.2. The van der Waals surface area contributed by atoms with Gasteiger partial charge in [-0.25, -0.2) is 0 Å². The van der Waals surface area contributed by atoms with E-state index in [2.05, 4.69) is 60.2 Å². The molecule has 2 rings (SSSR count). The molecule has 0 aliphatic heterocycles. The number of nitrogens with one attached hydrogen (secondary N) is 2. The van der Waals surface area contributed by atoms with Crippen molar-refractivity contribution in [2.75, 3.05) is 24.5 Å². The van der Waals surface area contributed by atoms with E-state index in [1.807, 2.05) is 6.07 Å². The van der Waals surface area contributed by atoms with E-state index >= 15 is 0 Å². The highest BCUT2D eigenvalue weighted by Crippen LogP contribution is 2.22. The van der Waals surface area contributed by atoms with E-state index in [1.54, 1.807) is 7.11 Å². The molecule has 100 valence electrons. The summed E-state index contributed by atoms with van der Waals surface area (Å²) >= 11 is 0. The lowest BCUT2D eigenvalue weighted by Crippen LogP contribution is -2.08. The van der Waals surface area contributed by atoms with Gasteiger partial charge in [-0.1, -0.05) is 36.4 Å². The second-order valence-electron chi connectivity index (χ2n) is 4.52. The van der Waals surface area contributed by atoms with Gasteiger partial charge in [0.15, 0.2) is 0 Å². The Hall–Kier alpha value is -2.00. The Morgan fingerprint density at radius 1 is 1.00 bits per heavy atom. The van der Waals surface area contributed by atoms with Crippen LogP contribution in [0.5, 0.6) is 0 Å². The smallest absolute Gasteiger partial charge is 0.0838 e. The summed E-state index contributed by atoms with van der Waals surface area (Å²) in [5, 5.41) is 3.43. The van der Waals surface area contributed by atoms with Gasteiger partial charge in [-0.05, 0) is 36.6 Å². The largest absolute Gasteiger partial charge is 0.383 e. The van der Waals surface area contributed by atoms with Crippen LogP contribution in [0.25, 0.3) is 0 Å². The highest BCUT2D eigenvalue weighted by atomic mass is 16.6. The lowest BCUT2D eigenvalue weighted by atomic mass is 10.1. The molecule has 0 radical (unpaired) electrons. The number of benzene rings is 2. The van der Waals surface area contributed by atoms with Crippen molar-refractivity contribution in [1.29, 1.82) is 0 Å². The van der Waals surface area contributed by atoms with Crippen molar-refractivity contribution in [2.45, 2.75) is 13.3 Å². The van der Waals surface area contributed by atoms with Crippen LogP contribution in [0, 0.1) is 6.92 Å². The molecule has 0 heterocycles. The maximum Gasteiger partial charge on any atom is 0.0838 e. The summed E-state index contributed by atoms with van der Waals surface area (Å²) in [6, 6.07) is 16.7. The van der Waals surface area contributed by atoms with Crippen LogP contribution in [0.3, 0.4) is 0 Å². The fourth-order valence-corrected chi connectivity index (χ4v) is 1.99. The zero-order chi connectivity index (χ0) is 13.5. The van der Waals surface area contributed by atoms with E-state index in [4.69, 9.17) is 4.84 Å². The molecule has 0 aromatic heterocycles. The first-order valence-corrected chi connectivity index (χ1v) is 6.47. The first-order valence-electron chi connectivity index (χ1n) is 6.47. The van der Waals surface area contributed by atoms with Crippen molar-refractivity contribution in [3.63, 3.8) is 0 Å². The second-order valence-corrected chi connectivity index (χ2v) is 4.52. The predicted molar refractivity (Wildman–Crippen MR) is 80.4 cm³/mol. The standard InChI is InChI=1S/C16H20N2O/c1-13-8-9-15(16(12-13)18-19-2)17-11-10-14-6-4-3-5-7-14/h3-9,12,17-18H,10-11H2,1-2H3. The number of anilines is 2. The monoisotopic (exact) mass is 256 g/mol. The molecular formula is C16H20N2O. The highest BCUT2D eigenvalue weighted by Gasteiger charge is 2.02. The van der Waals surface area contributed by atoms with Crippen molar-refractivity contribution in [1.82, 2.24) is 0 Å². The molecule has 0 amide bonds. The zero-order valence-electron chi connectivity index (χ0n) is 11.4. The molecule has 2 aromatic rings. The number of hydrogen-bond donors (Lipinski definition) is 2. The van der Waals surface area contributed by atoms with Gasteiger partial charge >= 0.3 is 0 Å². The van der Waals surface area contributed by atoms with Crippen LogP contribution < -0.4 is 10.8 Å². The Bertz CT molecular complexity index is 511. The number of aryl methyl sites for hydroxylation is 1. The molecule has 0 spiro atoms. The zero-order valence-corrected chi connectivity index (χ0v) is 11.4. The van der Waals surface area contributed by atoms with E-state index in [-0.39, 0.29) is 0 Å². The molecule has 2 aromatic carbocycles. The van der Waals surface area contributed by atoms with Crippen molar-refractivity contribution in [2.24, 2.45) is 0 Å². The summed E-state index contributed by atoms with van der Waals surface area (Å²) in [5.74, 6) is 0. The van der Waals surface area contributed by atoms with E-state index in [0.717, 1.165) is 24.3 Å². The third-order valence-electron chi connectivity index (χ3n) is 2.96. The summed E-state index contributed by atoms with van der Waals surface area (Å²) in [6.07, 6.45) is 1.00. The quantitative estimate of drug-likeness (QED) is 0.774. The average molecular weight is 256 g/mol. The minimum Gasteiger partial charge on any atom is -0.383 e. The van der Waals surface area contributed by atoms with Crippen LogP contribution in [0.2, 0.25) is 0 Å². The van der Waals surface area contributed by atoms with Gasteiger partial charge in [-0.2, -0.15) is 0 Å². The molecule has 3 nitrogen and oxygen atoms in total. The van der Waals surface area contributed by atoms with Crippen LogP contribution >= 0.6 is 0 Å². The Balaban J connectivity index is 1.95. The minimum atomic E-state index is 0.894. The Labute approximate surface area is 114 Å². The van der Waals surface area contributed by atoms with Crippen molar-refractivity contribution in [3.8, 4) is 0 Å². The van der Waals surface area contributed by atoms with E-state index in [1.165, 1.54) is 11.1 Å². The van der Waals surface area contributed by atoms with Crippen LogP contribution in [0.4, 0.5) is 11.4 Å². The van der Waals surface area contributed by atoms with Gasteiger partial charge in [-0.15, -0.1) is 0 Å². The average Bonchev–Trinajstić information content (AvgIpc) is 2.43. The van der Waals surface area contributed by atoms with E-state index in [9.17, 15) is 0 Å². The maximum absolute atomic E-state index is 5.00. The fraction of sp³-hybridized carbons (Fsp3) is 0.250. The number of rotatable bonds is 6. The van der Waals surface area contributed by atoms with Gasteiger partial charge in [0.1, 0.15) is 0 Å². The van der Waals surface area contributed by atoms with Gasteiger partial charge in [-0.3, -0.25) is 10.3 Å². The lowest BCUT2D eigenvalue weighted by molar-refractivity contribution is 0.271. The highest BCUT2D eigenvalue weighted by molar-refractivity contribution is 5.68. The van der Waals surface area contributed by atoms with E-state index < -0.39 is 0 Å². The first kappa shape index (κ1) is 13.4. The summed E-state index contributed by atoms with van der Waals surface area (Å²) in [7, 11) is 1.62. The van der Waals surface area contributed by atoms with Crippen molar-refractivity contribution < 1.29 is 4.84 Å². The Kier molecular flexibility index (Phi) is 4.81. The molecule has 0 saturated heterocycles. The molecule has 0 unspecified atom stereocenters. The van der Waals surface area contributed by atoms with Crippen LogP contribution in [-0.4, -0.2) is 13.7 Å². The molecule has 19 heavy (non-hydrogen) atoms. The molecule has 0 aliphatic carbocycles. The van der Waals surface area contributed by atoms with E-state index in [0.29, 0.717) is 0 Å². The third-order valence-corrected chi connectivity index (χ3v) is 2.96. The van der Waals surface area contributed by atoms with Crippen LogP contribution in [0.1, 0.15) is 11.1 Å². The first-order chi connectivity index (χ1) is 9.29. The Morgan fingerprint density at radius 2 is 1.79 bits per heavy atom. The van der Waals surface area contributed by atoms with Crippen LogP contribution in [-0.2, 0) is 11.3 Å². The number of hydrogen-bond acceptors (Lipinski definition) is 3. The topological polar surface area (TPSA) is 33.3 Å². The molecule has 0 fully saturated rings. The molecule has 3 heteroatoms. The van der Waals surface area contributed by atoms with Crippen molar-refractivity contribution in [3.05, 3.63) is 59.7 Å². The van der Waals surface area contributed by atoms with Gasteiger partial charge in [0.25, 0.3) is 0 Å². The predicted octanol–water partition coefficient (Wildman–Crippen LogP) is 3.62. The van der Waals surface area contributed by atoms with Gasteiger partial charge in [0.05, 0.1) is 18.5 Å². The van der Waals surface area contributed by atoms with Gasteiger partial charge in [0.2, 0.25) is 0 Å². The molecule has 0 saturated carbocycles. The molecular weight excluding hydrogens is 236 g/mol. The maximum atomic E-state index is 5.00. The summed E-state index contributed by atoms with van der Waals surface area (Å²) in [6.45, 7) is 2.96. The third kappa shape index (κ3) is 4.00. The summed E-state index contributed by atoms with van der Waals surface area (Å²) in [5.41, 5.74) is 7.47. The molecule has 2 N–H and O–H groups in total. The van der Waals surface area contributed by atoms with Gasteiger partial charge in [0, 0.05) is 6.54 Å². The SMILES string of the molecule is CONc1cc(C)ccc1NCCc1ccccc1. The van der Waals surface area contributed by atoms with Crippen molar-refractivity contribution >= 4 is 11.4 Å². The van der Waals surface area contributed by atoms with Crippen LogP contribution in [0.15, 0.2) is 48.5 Å². The fourth-order valence-electron chi connectivity index (χ4n) is 1.99. The Morgan fingerprint density at radius 3 is 2.53 bits per heavy atom. The van der Waals surface area contributed by atoms with Gasteiger partial charge < -0.3 is 5.32 Å². The molecule has 0 aliphatic rings. The minimum absolute atomic E-state index is 0.894. The second kappa shape index (κ2) is 6.81. The summed E-state index contributed by atoms with van der Waals surface area (Å²) in [4.78, 5) is 5.00. The lowest BCUT2D eigenvalue weighted by Gasteiger charge is -2.13. The molecule has 0 atom stereocenters. The summed E-state index contributed by atoms with van der Waals surface area (Å²) < 4.78 is 0.